The predicted octanol–water partition coefficient (Wildman–Crippen LogP) is 2.21. The van der Waals surface area contributed by atoms with Gasteiger partial charge < -0.3 is 15.0 Å². The van der Waals surface area contributed by atoms with Crippen LogP contribution in [0.2, 0.25) is 0 Å². The van der Waals surface area contributed by atoms with Gasteiger partial charge in [-0.3, -0.25) is 4.79 Å². The van der Waals surface area contributed by atoms with Crippen molar-refractivity contribution in [2.24, 2.45) is 0 Å². The van der Waals surface area contributed by atoms with Gasteiger partial charge in [0, 0.05) is 26.7 Å². The first-order valence-corrected chi connectivity index (χ1v) is 8.24. The number of likely N-dealkylation sites (N-methyl/N-ethyl adjacent to an activating group) is 1. The van der Waals surface area contributed by atoms with Crippen LogP contribution in [0.5, 0.6) is 0 Å². The van der Waals surface area contributed by atoms with E-state index in [2.05, 4.69) is 30.4 Å². The Morgan fingerprint density at radius 3 is 2.91 bits per heavy atom. The molecule has 0 radical (unpaired) electrons. The summed E-state index contributed by atoms with van der Waals surface area (Å²) in [7, 11) is 3.57. The highest BCUT2D eigenvalue weighted by atomic mass is 16.5. The second-order valence-corrected chi connectivity index (χ2v) is 6.76. The van der Waals surface area contributed by atoms with Crippen LogP contribution >= 0.6 is 0 Å². The Morgan fingerprint density at radius 1 is 1.32 bits per heavy atom. The maximum Gasteiger partial charge on any atom is 0.251 e. The number of rotatable bonds is 4. The Bertz CT molecular complexity index is 556. The molecule has 4 heteroatoms. The fourth-order valence-corrected chi connectivity index (χ4v) is 3.53. The van der Waals surface area contributed by atoms with Crippen molar-refractivity contribution < 1.29 is 9.53 Å². The Kier molecular flexibility index (Phi) is 4.50. The summed E-state index contributed by atoms with van der Waals surface area (Å²) in [6, 6.07) is 7.18. The van der Waals surface area contributed by atoms with Crippen molar-refractivity contribution in [3.8, 4) is 0 Å². The van der Waals surface area contributed by atoms with Gasteiger partial charge in [0.25, 0.3) is 5.91 Å². The monoisotopic (exact) mass is 302 g/mol. The Labute approximate surface area is 132 Å². The highest BCUT2D eigenvalue weighted by Gasteiger charge is 2.32. The number of nitrogens with one attached hydrogen (secondary N) is 1. The summed E-state index contributed by atoms with van der Waals surface area (Å²) >= 11 is 0. The third kappa shape index (κ3) is 3.18. The molecule has 1 amide bonds. The lowest BCUT2D eigenvalue weighted by molar-refractivity contribution is -0.140. The maximum absolute atomic E-state index is 11.9. The van der Waals surface area contributed by atoms with Gasteiger partial charge in [-0.15, -0.1) is 0 Å². The topological polar surface area (TPSA) is 41.6 Å². The van der Waals surface area contributed by atoms with Gasteiger partial charge in [-0.25, -0.2) is 0 Å². The van der Waals surface area contributed by atoms with Crippen LogP contribution in [-0.4, -0.2) is 43.7 Å². The molecule has 22 heavy (non-hydrogen) atoms. The molecule has 1 heterocycles. The van der Waals surface area contributed by atoms with Gasteiger partial charge in [-0.1, -0.05) is 23.8 Å². The molecule has 1 fully saturated rings. The fourth-order valence-electron chi connectivity index (χ4n) is 3.53. The summed E-state index contributed by atoms with van der Waals surface area (Å²) in [5.41, 5.74) is 4.23. The number of amides is 1. The van der Waals surface area contributed by atoms with Crippen LogP contribution in [0.4, 0.5) is 0 Å². The lowest BCUT2D eigenvalue weighted by Crippen LogP contribution is -2.35. The zero-order chi connectivity index (χ0) is 15.7. The van der Waals surface area contributed by atoms with Gasteiger partial charge in [0.1, 0.15) is 6.10 Å². The summed E-state index contributed by atoms with van der Waals surface area (Å²) in [4.78, 5) is 13.6. The third-order valence-corrected chi connectivity index (χ3v) is 4.79. The summed E-state index contributed by atoms with van der Waals surface area (Å²) < 4.78 is 5.90. The quantitative estimate of drug-likeness (QED) is 0.927. The van der Waals surface area contributed by atoms with Crippen molar-refractivity contribution in [3.05, 3.63) is 34.9 Å². The Hall–Kier alpha value is -1.39. The van der Waals surface area contributed by atoms with Crippen LogP contribution in [0.25, 0.3) is 0 Å². The molecule has 0 aromatic heterocycles. The van der Waals surface area contributed by atoms with Crippen LogP contribution in [0.3, 0.4) is 0 Å². The van der Waals surface area contributed by atoms with Crippen LogP contribution < -0.4 is 5.32 Å². The molecule has 1 aliphatic carbocycles. The molecule has 0 bridgehead atoms. The summed E-state index contributed by atoms with van der Waals surface area (Å²) in [5.74, 6) is 0.0873. The first-order valence-electron chi connectivity index (χ1n) is 8.24. The minimum absolute atomic E-state index is 0.0873. The number of aryl methyl sites for hydroxylation is 2. The van der Waals surface area contributed by atoms with E-state index in [9.17, 15) is 4.79 Å². The van der Waals surface area contributed by atoms with E-state index in [1.54, 1.807) is 19.0 Å². The zero-order valence-electron chi connectivity index (χ0n) is 13.8. The van der Waals surface area contributed by atoms with Crippen LogP contribution in [0.1, 0.15) is 42.0 Å². The average Bonchev–Trinajstić information content (AvgIpc) is 3.10. The van der Waals surface area contributed by atoms with Gasteiger partial charge in [-0.05, 0) is 43.7 Å². The molecule has 4 nitrogen and oxygen atoms in total. The highest BCUT2D eigenvalue weighted by molar-refractivity contribution is 5.80. The van der Waals surface area contributed by atoms with Crippen LogP contribution in [0.15, 0.2) is 18.2 Å². The lowest BCUT2D eigenvalue weighted by Gasteiger charge is -2.20. The summed E-state index contributed by atoms with van der Waals surface area (Å²) in [5, 5.41) is 3.65. The Morgan fingerprint density at radius 2 is 2.14 bits per heavy atom. The molecular weight excluding hydrogens is 276 g/mol. The molecule has 0 saturated carbocycles. The number of benzene rings is 1. The molecule has 1 N–H and O–H groups in total. The average molecular weight is 302 g/mol. The number of fused-ring (bicyclic) bond motifs is 1. The lowest BCUT2D eigenvalue weighted by atomic mass is 10.0. The second kappa shape index (κ2) is 6.39. The van der Waals surface area contributed by atoms with Crippen molar-refractivity contribution in [3.63, 3.8) is 0 Å². The minimum Gasteiger partial charge on any atom is -0.364 e. The molecule has 1 saturated heterocycles. The van der Waals surface area contributed by atoms with Crippen LogP contribution in [-0.2, 0) is 16.0 Å². The predicted molar refractivity (Wildman–Crippen MR) is 86.8 cm³/mol. The smallest absolute Gasteiger partial charge is 0.251 e. The van der Waals surface area contributed by atoms with E-state index in [-0.39, 0.29) is 18.1 Å². The summed E-state index contributed by atoms with van der Waals surface area (Å²) in [6.07, 6.45) is 4.02. The first-order chi connectivity index (χ1) is 10.5. The molecule has 1 aliphatic heterocycles. The summed E-state index contributed by atoms with van der Waals surface area (Å²) in [6.45, 7) is 2.97. The molecule has 0 spiro atoms. The molecule has 3 rings (SSSR count). The fraction of sp³-hybridized carbons (Fsp3) is 0.611. The van der Waals surface area contributed by atoms with Crippen LogP contribution in [0, 0.1) is 6.92 Å². The molecular formula is C18H26N2O2. The van der Waals surface area contributed by atoms with Crippen molar-refractivity contribution in [2.75, 3.05) is 20.6 Å². The van der Waals surface area contributed by atoms with E-state index in [1.807, 2.05) is 0 Å². The van der Waals surface area contributed by atoms with Gasteiger partial charge in [0.15, 0.2) is 0 Å². The molecule has 1 aromatic rings. The van der Waals surface area contributed by atoms with E-state index in [4.69, 9.17) is 4.74 Å². The molecule has 1 aromatic carbocycles. The number of ether oxygens (including phenoxy) is 1. The first kappa shape index (κ1) is 15.5. The van der Waals surface area contributed by atoms with Crippen molar-refractivity contribution in [1.29, 1.82) is 0 Å². The van der Waals surface area contributed by atoms with Crippen molar-refractivity contribution in [1.82, 2.24) is 10.2 Å². The molecule has 120 valence electrons. The van der Waals surface area contributed by atoms with Gasteiger partial charge in [0.2, 0.25) is 0 Å². The van der Waals surface area contributed by atoms with Gasteiger partial charge in [0.05, 0.1) is 6.10 Å². The number of hydrogen-bond acceptors (Lipinski definition) is 3. The van der Waals surface area contributed by atoms with Gasteiger partial charge >= 0.3 is 0 Å². The van der Waals surface area contributed by atoms with Gasteiger partial charge in [-0.2, -0.15) is 0 Å². The van der Waals surface area contributed by atoms with E-state index >= 15 is 0 Å². The third-order valence-electron chi connectivity index (χ3n) is 4.79. The van der Waals surface area contributed by atoms with E-state index in [0.29, 0.717) is 6.04 Å². The van der Waals surface area contributed by atoms with E-state index in [0.717, 1.165) is 32.2 Å². The van der Waals surface area contributed by atoms with E-state index in [1.165, 1.54) is 16.7 Å². The number of hydrogen-bond donors (Lipinski definition) is 1. The highest BCUT2D eigenvalue weighted by Crippen LogP contribution is 2.32. The minimum atomic E-state index is -0.250. The largest absolute Gasteiger partial charge is 0.364 e. The zero-order valence-corrected chi connectivity index (χ0v) is 13.8. The number of carbonyl (C=O) groups is 1. The van der Waals surface area contributed by atoms with Crippen molar-refractivity contribution >= 4 is 5.91 Å². The number of carbonyl (C=O) groups excluding carboxylic acids is 1. The standard InChI is InChI=1S/C18H26N2O2/c1-12-4-5-13-6-8-16(15(13)10-12)19-11-14-7-9-17(22-14)18(21)20(2)3/h4-5,10,14,16-17,19H,6-9,11H2,1-3H3/t14-,16-,17-/m1/s1. The molecule has 3 atom stereocenters. The number of nitrogens with zero attached hydrogens (tertiary/aromatic N) is 1. The van der Waals surface area contributed by atoms with E-state index < -0.39 is 0 Å². The molecule has 2 aliphatic rings. The normalized spacial score (nSPS) is 27.0. The maximum atomic E-state index is 11.9. The molecule has 0 unspecified atom stereocenters. The van der Waals surface area contributed by atoms with Crippen molar-refractivity contribution in [2.45, 2.75) is 50.9 Å². The SMILES string of the molecule is Cc1ccc2c(c1)[C@H](NC[C@H]1CC[C@H](C(=O)N(C)C)O1)CC2. The Balaban J connectivity index is 1.53. The second-order valence-electron chi connectivity index (χ2n) is 6.76.